The maximum Gasteiger partial charge on any atom is 0.314 e. The highest BCUT2D eigenvalue weighted by Crippen LogP contribution is 2.28. The molecule has 0 heterocycles. The van der Waals surface area contributed by atoms with Crippen LogP contribution in [0.5, 0.6) is 17.2 Å². The standard InChI is InChI=1S/C15H20O6S/c1-10(9-22-5-4-14(16)17)15(18)21-13-7-11(19-2)6-12(8-13)20-3/h6-8,10H,4-5,9H2,1-3H3,(H,16,17). The minimum atomic E-state index is -0.841. The van der Waals surface area contributed by atoms with Crippen molar-refractivity contribution >= 4 is 23.7 Å². The monoisotopic (exact) mass is 328 g/mol. The quantitative estimate of drug-likeness (QED) is 0.423. The number of carboxylic acids is 1. The van der Waals surface area contributed by atoms with Crippen LogP contribution in [0.2, 0.25) is 0 Å². The van der Waals surface area contributed by atoms with Crippen LogP contribution in [0.25, 0.3) is 0 Å². The minimum absolute atomic E-state index is 0.0829. The highest BCUT2D eigenvalue weighted by Gasteiger charge is 2.16. The van der Waals surface area contributed by atoms with Gasteiger partial charge in [0.05, 0.1) is 26.6 Å². The molecule has 22 heavy (non-hydrogen) atoms. The van der Waals surface area contributed by atoms with Gasteiger partial charge in [0.2, 0.25) is 0 Å². The molecule has 6 nitrogen and oxygen atoms in total. The van der Waals surface area contributed by atoms with E-state index in [-0.39, 0.29) is 18.3 Å². The van der Waals surface area contributed by atoms with Gasteiger partial charge >= 0.3 is 11.9 Å². The minimum Gasteiger partial charge on any atom is -0.496 e. The molecule has 0 saturated heterocycles. The lowest BCUT2D eigenvalue weighted by atomic mass is 10.2. The molecule has 1 N–H and O–H groups in total. The number of aliphatic carboxylic acids is 1. The van der Waals surface area contributed by atoms with Crippen molar-refractivity contribution in [2.75, 3.05) is 25.7 Å². The van der Waals surface area contributed by atoms with E-state index in [0.29, 0.717) is 28.8 Å². The van der Waals surface area contributed by atoms with Crippen molar-refractivity contribution in [2.45, 2.75) is 13.3 Å². The van der Waals surface area contributed by atoms with Gasteiger partial charge < -0.3 is 19.3 Å². The third-order valence-electron chi connectivity index (χ3n) is 2.77. The van der Waals surface area contributed by atoms with Crippen LogP contribution >= 0.6 is 11.8 Å². The predicted octanol–water partition coefficient (Wildman–Crippen LogP) is 2.45. The van der Waals surface area contributed by atoms with Gasteiger partial charge in [-0.2, -0.15) is 11.8 Å². The summed E-state index contributed by atoms with van der Waals surface area (Å²) in [5.74, 6) is 0.841. The Morgan fingerprint density at radius 1 is 1.14 bits per heavy atom. The van der Waals surface area contributed by atoms with Crippen molar-refractivity contribution in [3.8, 4) is 17.2 Å². The first kappa shape index (κ1) is 18.2. The van der Waals surface area contributed by atoms with Gasteiger partial charge in [0.25, 0.3) is 0 Å². The number of carboxylic acid groups (broad SMARTS) is 1. The number of esters is 1. The molecule has 0 amide bonds. The summed E-state index contributed by atoms with van der Waals surface area (Å²) in [6, 6.07) is 4.89. The van der Waals surface area contributed by atoms with Crippen molar-refractivity contribution in [3.63, 3.8) is 0 Å². The molecular weight excluding hydrogens is 308 g/mol. The average molecular weight is 328 g/mol. The van der Waals surface area contributed by atoms with Gasteiger partial charge in [-0.3, -0.25) is 9.59 Å². The summed E-state index contributed by atoms with van der Waals surface area (Å²) in [5.41, 5.74) is 0. The molecule has 1 unspecified atom stereocenters. The van der Waals surface area contributed by atoms with Crippen LogP contribution in [0.3, 0.4) is 0 Å². The van der Waals surface area contributed by atoms with Crippen molar-refractivity contribution in [1.82, 2.24) is 0 Å². The van der Waals surface area contributed by atoms with Gasteiger partial charge in [0, 0.05) is 29.7 Å². The molecule has 0 saturated carbocycles. The second kappa shape index (κ2) is 9.19. The zero-order valence-corrected chi connectivity index (χ0v) is 13.6. The Labute approximate surface area is 133 Å². The highest BCUT2D eigenvalue weighted by molar-refractivity contribution is 7.99. The molecule has 0 aromatic heterocycles. The highest BCUT2D eigenvalue weighted by atomic mass is 32.2. The number of hydrogen-bond donors (Lipinski definition) is 1. The Hall–Kier alpha value is -1.89. The topological polar surface area (TPSA) is 82.1 Å². The van der Waals surface area contributed by atoms with Gasteiger partial charge in [0.1, 0.15) is 17.2 Å². The Morgan fingerprint density at radius 3 is 2.18 bits per heavy atom. The van der Waals surface area contributed by atoms with Crippen molar-refractivity contribution in [2.24, 2.45) is 5.92 Å². The molecule has 0 fully saturated rings. The molecule has 0 aliphatic heterocycles. The van der Waals surface area contributed by atoms with Crippen molar-refractivity contribution < 1.29 is 28.9 Å². The molecule has 0 aliphatic carbocycles. The van der Waals surface area contributed by atoms with Crippen LogP contribution in [0.1, 0.15) is 13.3 Å². The molecule has 7 heteroatoms. The van der Waals surface area contributed by atoms with Crippen LogP contribution in [0, 0.1) is 5.92 Å². The molecule has 1 aromatic carbocycles. The summed E-state index contributed by atoms with van der Waals surface area (Å²) in [4.78, 5) is 22.4. The lowest BCUT2D eigenvalue weighted by molar-refractivity contribution is -0.138. The van der Waals surface area contributed by atoms with Gasteiger partial charge in [0.15, 0.2) is 0 Å². The van der Waals surface area contributed by atoms with Crippen LogP contribution in [-0.2, 0) is 9.59 Å². The number of carbonyl (C=O) groups is 2. The first-order valence-electron chi connectivity index (χ1n) is 6.70. The van der Waals surface area contributed by atoms with Gasteiger partial charge in [-0.05, 0) is 0 Å². The zero-order valence-electron chi connectivity index (χ0n) is 12.8. The van der Waals surface area contributed by atoms with E-state index in [1.54, 1.807) is 25.1 Å². The lowest BCUT2D eigenvalue weighted by Gasteiger charge is -2.12. The summed E-state index contributed by atoms with van der Waals surface area (Å²) in [6.07, 6.45) is 0.0829. The third kappa shape index (κ3) is 6.26. The summed E-state index contributed by atoms with van der Waals surface area (Å²) in [7, 11) is 3.03. The maximum atomic E-state index is 12.0. The molecular formula is C15H20O6S. The average Bonchev–Trinajstić information content (AvgIpc) is 2.50. The first-order valence-corrected chi connectivity index (χ1v) is 7.86. The third-order valence-corrected chi connectivity index (χ3v) is 4.00. The van der Waals surface area contributed by atoms with Crippen molar-refractivity contribution in [3.05, 3.63) is 18.2 Å². The molecule has 0 bridgehead atoms. The Bertz CT molecular complexity index is 495. The molecule has 1 aromatic rings. The number of thioether (sulfide) groups is 1. The van der Waals surface area contributed by atoms with Gasteiger partial charge in [-0.25, -0.2) is 0 Å². The smallest absolute Gasteiger partial charge is 0.314 e. The number of benzene rings is 1. The van der Waals surface area contributed by atoms with Gasteiger partial charge in [-0.1, -0.05) is 6.92 Å². The van der Waals surface area contributed by atoms with Gasteiger partial charge in [-0.15, -0.1) is 0 Å². The number of carbonyl (C=O) groups excluding carboxylic acids is 1. The summed E-state index contributed by atoms with van der Waals surface area (Å²) in [6.45, 7) is 1.74. The molecule has 122 valence electrons. The fourth-order valence-corrected chi connectivity index (χ4v) is 2.52. The molecule has 0 spiro atoms. The van der Waals surface area contributed by atoms with E-state index < -0.39 is 5.97 Å². The Balaban J connectivity index is 2.54. The number of hydrogen-bond acceptors (Lipinski definition) is 6. The van der Waals surface area contributed by atoms with E-state index in [4.69, 9.17) is 19.3 Å². The molecule has 0 radical (unpaired) electrons. The largest absolute Gasteiger partial charge is 0.496 e. The van der Waals surface area contributed by atoms with E-state index in [0.717, 1.165) is 0 Å². The van der Waals surface area contributed by atoms with E-state index >= 15 is 0 Å². The fraction of sp³-hybridized carbons (Fsp3) is 0.467. The maximum absolute atomic E-state index is 12.0. The van der Waals surface area contributed by atoms with Crippen molar-refractivity contribution in [1.29, 1.82) is 0 Å². The Kier molecular flexibility index (Phi) is 7.59. The molecule has 1 atom stereocenters. The van der Waals surface area contributed by atoms with Crippen LogP contribution < -0.4 is 14.2 Å². The second-order valence-corrected chi connectivity index (χ2v) is 5.74. The van der Waals surface area contributed by atoms with Crippen LogP contribution in [0.15, 0.2) is 18.2 Å². The second-order valence-electron chi connectivity index (χ2n) is 4.59. The summed E-state index contributed by atoms with van der Waals surface area (Å²) in [5, 5.41) is 8.55. The summed E-state index contributed by atoms with van der Waals surface area (Å²) >= 11 is 1.41. The summed E-state index contributed by atoms with van der Waals surface area (Å²) < 4.78 is 15.5. The predicted molar refractivity (Wildman–Crippen MR) is 83.9 cm³/mol. The van der Waals surface area contributed by atoms with Crippen LogP contribution in [0.4, 0.5) is 0 Å². The first-order chi connectivity index (χ1) is 10.5. The lowest BCUT2D eigenvalue weighted by Crippen LogP contribution is -2.20. The Morgan fingerprint density at radius 2 is 1.68 bits per heavy atom. The number of rotatable bonds is 9. The van der Waals surface area contributed by atoms with E-state index in [2.05, 4.69) is 0 Å². The van der Waals surface area contributed by atoms with Crippen LogP contribution in [-0.4, -0.2) is 42.8 Å². The van der Waals surface area contributed by atoms with E-state index in [1.807, 2.05) is 0 Å². The molecule has 0 aliphatic rings. The fourth-order valence-electron chi connectivity index (χ4n) is 1.54. The molecule has 1 rings (SSSR count). The zero-order chi connectivity index (χ0) is 16.5. The number of methoxy groups -OCH3 is 2. The number of ether oxygens (including phenoxy) is 3. The van der Waals surface area contributed by atoms with E-state index in [1.165, 1.54) is 26.0 Å². The SMILES string of the molecule is COc1cc(OC)cc(OC(=O)C(C)CSCCC(=O)O)c1. The van der Waals surface area contributed by atoms with E-state index in [9.17, 15) is 9.59 Å². The normalized spacial score (nSPS) is 11.6.